The van der Waals surface area contributed by atoms with Gasteiger partial charge in [-0.2, -0.15) is 0 Å². The summed E-state index contributed by atoms with van der Waals surface area (Å²) in [4.78, 5) is 30.8. The van der Waals surface area contributed by atoms with Crippen molar-refractivity contribution in [1.29, 1.82) is 0 Å². The van der Waals surface area contributed by atoms with E-state index in [-0.39, 0.29) is 23.0 Å². The Labute approximate surface area is 191 Å². The van der Waals surface area contributed by atoms with Gasteiger partial charge in [-0.15, -0.1) is 0 Å². The molecule has 0 saturated heterocycles. The number of nitrogens with zero attached hydrogens (tertiary/aromatic N) is 3. The molecule has 0 bridgehead atoms. The number of thioether (sulfide) groups is 1. The number of halogens is 1. The van der Waals surface area contributed by atoms with E-state index in [1.54, 1.807) is 29.9 Å². The minimum Gasteiger partial charge on any atom is -0.383 e. The van der Waals surface area contributed by atoms with Gasteiger partial charge in [0.2, 0.25) is 0 Å². The first-order valence-electron chi connectivity index (χ1n) is 10.2. The number of fused-ring (bicyclic) bond motifs is 1. The standard InChI is InChI=1S/C23H28ClN3O3S/c1-14(2)12-27-22(29)19-11-17(24)6-7-20(19)25-23(27)31-13-21(28)18-10-15(3)26(16(18)4)8-9-30-5/h6-7,10-11,14H,8-9,12-13H2,1-5H3. The molecule has 6 nitrogen and oxygen atoms in total. The van der Waals surface area contributed by atoms with Gasteiger partial charge in [0.1, 0.15) is 0 Å². The van der Waals surface area contributed by atoms with Crippen molar-refractivity contribution in [2.75, 3.05) is 19.5 Å². The molecule has 0 atom stereocenters. The number of carbonyl (C=O) groups is 1. The molecular weight excluding hydrogens is 434 g/mol. The Morgan fingerprint density at radius 1 is 1.23 bits per heavy atom. The SMILES string of the molecule is COCCn1c(C)cc(C(=O)CSc2nc3ccc(Cl)cc3c(=O)n2CC(C)C)c1C. The quantitative estimate of drug-likeness (QED) is 0.261. The smallest absolute Gasteiger partial charge is 0.262 e. The fraction of sp³-hybridized carbons (Fsp3) is 0.435. The van der Waals surface area contributed by atoms with Crippen molar-refractivity contribution in [3.05, 3.63) is 56.6 Å². The second-order valence-corrected chi connectivity index (χ2v) is 9.39. The van der Waals surface area contributed by atoms with Crippen molar-refractivity contribution in [2.24, 2.45) is 5.92 Å². The fourth-order valence-corrected chi connectivity index (χ4v) is 4.69. The normalized spacial score (nSPS) is 11.6. The molecule has 0 spiro atoms. The molecule has 0 amide bonds. The third kappa shape index (κ3) is 5.22. The van der Waals surface area contributed by atoms with Crippen LogP contribution in [0.5, 0.6) is 0 Å². The van der Waals surface area contributed by atoms with Crippen molar-refractivity contribution < 1.29 is 9.53 Å². The average Bonchev–Trinajstić information content (AvgIpc) is 3.01. The number of hydrogen-bond acceptors (Lipinski definition) is 5. The molecule has 8 heteroatoms. The van der Waals surface area contributed by atoms with Crippen molar-refractivity contribution >= 4 is 40.0 Å². The average molecular weight is 462 g/mol. The van der Waals surface area contributed by atoms with E-state index in [1.807, 2.05) is 33.8 Å². The topological polar surface area (TPSA) is 66.1 Å². The molecule has 2 aromatic heterocycles. The van der Waals surface area contributed by atoms with Gasteiger partial charge in [0.15, 0.2) is 10.9 Å². The van der Waals surface area contributed by atoms with Crippen molar-refractivity contribution in [2.45, 2.75) is 45.9 Å². The number of benzene rings is 1. The molecule has 0 aliphatic rings. The molecule has 0 fully saturated rings. The Hall–Kier alpha value is -2.09. The summed E-state index contributed by atoms with van der Waals surface area (Å²) in [5.41, 5.74) is 3.11. The Bertz CT molecular complexity index is 1170. The molecule has 1 aromatic carbocycles. The lowest BCUT2D eigenvalue weighted by atomic mass is 10.2. The van der Waals surface area contributed by atoms with Gasteiger partial charge in [-0.1, -0.05) is 37.2 Å². The summed E-state index contributed by atoms with van der Waals surface area (Å²) in [6.07, 6.45) is 0. The zero-order valence-corrected chi connectivity index (χ0v) is 20.1. The maximum Gasteiger partial charge on any atom is 0.262 e. The van der Waals surface area contributed by atoms with E-state index in [9.17, 15) is 9.59 Å². The number of ether oxygens (including phenoxy) is 1. The molecule has 0 aliphatic heterocycles. The molecule has 0 N–H and O–H groups in total. The molecule has 2 heterocycles. The number of hydrogen-bond donors (Lipinski definition) is 0. The van der Waals surface area contributed by atoms with Crippen LogP contribution in [0.15, 0.2) is 34.2 Å². The van der Waals surface area contributed by atoms with Crippen molar-refractivity contribution in [3.63, 3.8) is 0 Å². The summed E-state index contributed by atoms with van der Waals surface area (Å²) < 4.78 is 8.92. The summed E-state index contributed by atoms with van der Waals surface area (Å²) in [6, 6.07) is 7.04. The van der Waals surface area contributed by atoms with Gasteiger partial charge >= 0.3 is 0 Å². The molecule has 3 aromatic rings. The van der Waals surface area contributed by atoms with E-state index in [0.29, 0.717) is 46.3 Å². The van der Waals surface area contributed by atoms with Crippen LogP contribution in [0.25, 0.3) is 10.9 Å². The second kappa shape index (κ2) is 10.0. The molecule has 0 saturated carbocycles. The number of rotatable bonds is 9. The molecule has 0 unspecified atom stereocenters. The minimum atomic E-state index is -0.131. The van der Waals surface area contributed by atoms with Gasteiger partial charge in [-0.05, 0) is 44.0 Å². The summed E-state index contributed by atoms with van der Waals surface area (Å²) in [6.45, 7) is 9.85. The monoisotopic (exact) mass is 461 g/mol. The third-order valence-electron chi connectivity index (χ3n) is 5.15. The highest BCUT2D eigenvalue weighted by Crippen LogP contribution is 2.23. The van der Waals surface area contributed by atoms with Crippen LogP contribution in [-0.2, 0) is 17.8 Å². The lowest BCUT2D eigenvalue weighted by molar-refractivity contribution is 0.102. The Morgan fingerprint density at radius 3 is 2.65 bits per heavy atom. The van der Waals surface area contributed by atoms with E-state index < -0.39 is 0 Å². The van der Waals surface area contributed by atoms with Crippen LogP contribution in [0.2, 0.25) is 5.02 Å². The van der Waals surface area contributed by atoms with Crippen LogP contribution in [0, 0.1) is 19.8 Å². The summed E-state index contributed by atoms with van der Waals surface area (Å²) in [5.74, 6) is 0.479. The van der Waals surface area contributed by atoms with E-state index >= 15 is 0 Å². The number of Topliss-reactive ketones (excluding diaryl/α,β-unsaturated/α-hetero) is 1. The molecule has 166 valence electrons. The Balaban J connectivity index is 1.90. The molecule has 0 radical (unpaired) electrons. The fourth-order valence-electron chi connectivity index (χ4n) is 3.63. The highest BCUT2D eigenvalue weighted by molar-refractivity contribution is 7.99. The van der Waals surface area contributed by atoms with Crippen LogP contribution >= 0.6 is 23.4 Å². The number of ketones is 1. The van der Waals surface area contributed by atoms with Gasteiger partial charge in [-0.25, -0.2) is 4.98 Å². The van der Waals surface area contributed by atoms with Crippen molar-refractivity contribution in [3.8, 4) is 0 Å². The van der Waals surface area contributed by atoms with Gasteiger partial charge in [-0.3, -0.25) is 14.2 Å². The van der Waals surface area contributed by atoms with E-state index in [1.165, 1.54) is 11.8 Å². The van der Waals surface area contributed by atoms with E-state index in [4.69, 9.17) is 16.3 Å². The largest absolute Gasteiger partial charge is 0.383 e. The van der Waals surface area contributed by atoms with Crippen LogP contribution in [0.4, 0.5) is 0 Å². The summed E-state index contributed by atoms with van der Waals surface area (Å²) >= 11 is 7.39. The first kappa shape index (κ1) is 23.6. The maximum absolute atomic E-state index is 13.1. The van der Waals surface area contributed by atoms with Gasteiger partial charge in [0.25, 0.3) is 5.56 Å². The lowest BCUT2D eigenvalue weighted by Crippen LogP contribution is -2.25. The number of aromatic nitrogens is 3. The first-order chi connectivity index (χ1) is 14.7. The summed E-state index contributed by atoms with van der Waals surface area (Å²) in [7, 11) is 1.66. The molecular formula is C23H28ClN3O3S. The van der Waals surface area contributed by atoms with Gasteiger partial charge in [0.05, 0.1) is 23.3 Å². The van der Waals surface area contributed by atoms with Gasteiger partial charge in [0, 0.05) is 42.2 Å². The first-order valence-corrected chi connectivity index (χ1v) is 11.6. The molecule has 3 rings (SSSR count). The highest BCUT2D eigenvalue weighted by atomic mass is 35.5. The number of aryl methyl sites for hydroxylation is 1. The Morgan fingerprint density at radius 2 is 1.97 bits per heavy atom. The third-order valence-corrected chi connectivity index (χ3v) is 6.37. The van der Waals surface area contributed by atoms with Crippen molar-refractivity contribution in [1.82, 2.24) is 14.1 Å². The minimum absolute atomic E-state index is 0.0170. The van der Waals surface area contributed by atoms with E-state index in [0.717, 1.165) is 11.4 Å². The number of carbonyl (C=O) groups excluding carboxylic acids is 1. The number of methoxy groups -OCH3 is 1. The van der Waals surface area contributed by atoms with Crippen LogP contribution in [0.1, 0.15) is 35.6 Å². The van der Waals surface area contributed by atoms with Gasteiger partial charge < -0.3 is 9.30 Å². The molecule has 31 heavy (non-hydrogen) atoms. The van der Waals surface area contributed by atoms with Crippen LogP contribution < -0.4 is 5.56 Å². The lowest BCUT2D eigenvalue weighted by Gasteiger charge is -2.15. The Kier molecular flexibility index (Phi) is 7.62. The zero-order valence-electron chi connectivity index (χ0n) is 18.6. The predicted octanol–water partition coefficient (Wildman–Crippen LogP) is 4.75. The van der Waals surface area contributed by atoms with E-state index in [2.05, 4.69) is 9.55 Å². The zero-order chi connectivity index (χ0) is 22.7. The van der Waals surface area contributed by atoms with Crippen LogP contribution in [0.3, 0.4) is 0 Å². The second-order valence-electron chi connectivity index (χ2n) is 8.01. The summed E-state index contributed by atoms with van der Waals surface area (Å²) in [5, 5.41) is 1.54. The predicted molar refractivity (Wildman–Crippen MR) is 127 cm³/mol. The highest BCUT2D eigenvalue weighted by Gasteiger charge is 2.19. The molecule has 0 aliphatic carbocycles. The maximum atomic E-state index is 13.1. The van der Waals surface area contributed by atoms with Crippen LogP contribution in [-0.4, -0.2) is 39.4 Å².